The number of aromatic nitrogens is 1. The van der Waals surface area contributed by atoms with Crippen molar-refractivity contribution in [3.8, 4) is 0 Å². The van der Waals surface area contributed by atoms with Crippen LogP contribution in [0.1, 0.15) is 53.7 Å². The average Bonchev–Trinajstić information content (AvgIpc) is 2.93. The summed E-state index contributed by atoms with van der Waals surface area (Å²) in [4.78, 5) is 57.9. The van der Waals surface area contributed by atoms with Crippen LogP contribution in [0.2, 0.25) is 5.02 Å². The summed E-state index contributed by atoms with van der Waals surface area (Å²) in [7, 11) is -2.64. The third-order valence-electron chi connectivity index (χ3n) is 7.01. The highest BCUT2D eigenvalue weighted by Crippen LogP contribution is 2.31. The van der Waals surface area contributed by atoms with Gasteiger partial charge in [-0.1, -0.05) is 41.9 Å². The summed E-state index contributed by atoms with van der Waals surface area (Å²) in [6.07, 6.45) is 2.16. The van der Waals surface area contributed by atoms with Gasteiger partial charge in [0.1, 0.15) is 5.82 Å². The number of rotatable bonds is 8. The molecule has 3 amide bonds. The van der Waals surface area contributed by atoms with Gasteiger partial charge in [0.15, 0.2) is 0 Å². The van der Waals surface area contributed by atoms with Crippen LogP contribution in [-0.2, 0) is 41.3 Å². The zero-order valence-electron chi connectivity index (χ0n) is 22.1. The van der Waals surface area contributed by atoms with Crippen LogP contribution in [0.4, 0.5) is 5.82 Å². The third kappa shape index (κ3) is 7.16. The lowest BCUT2D eigenvalue weighted by Crippen LogP contribution is -2.43. The first-order valence-electron chi connectivity index (χ1n) is 13.0. The maximum Gasteiger partial charge on any atom is 0.339 e. The zero-order valence-corrected chi connectivity index (χ0v) is 23.7. The van der Waals surface area contributed by atoms with Crippen molar-refractivity contribution in [2.75, 3.05) is 31.6 Å². The number of carbonyl (C=O) groups is 4. The number of sulfonamides is 1. The number of pyridine rings is 1. The Balaban J connectivity index is 1.45. The highest BCUT2D eigenvalue weighted by Gasteiger charge is 2.31. The van der Waals surface area contributed by atoms with Crippen LogP contribution in [0, 0.1) is 5.92 Å². The number of halogens is 1. The van der Waals surface area contributed by atoms with Crippen molar-refractivity contribution in [2.45, 2.75) is 44.3 Å². The molecule has 2 aliphatic heterocycles. The SMILES string of the molecule is COC(=O)c1cc(Cl)c(N2CCC(C(=O)NS(=O)(=O)Cc3ccccc3)CC2)nc1CC(=O)N1CCCCC1=O. The number of nitrogens with one attached hydrogen (secondary N) is 1. The van der Waals surface area contributed by atoms with Crippen molar-refractivity contribution in [1.29, 1.82) is 0 Å². The summed E-state index contributed by atoms with van der Waals surface area (Å²) >= 11 is 6.49. The molecule has 0 bridgehead atoms. The number of methoxy groups -OCH3 is 1. The molecular formula is C27H31ClN4O7S. The minimum Gasteiger partial charge on any atom is -0.465 e. The van der Waals surface area contributed by atoms with E-state index in [1.807, 2.05) is 4.90 Å². The second-order valence-corrected chi connectivity index (χ2v) is 12.0. The normalized spacial score (nSPS) is 16.5. The van der Waals surface area contributed by atoms with Crippen molar-refractivity contribution >= 4 is 51.1 Å². The third-order valence-corrected chi connectivity index (χ3v) is 8.51. The molecule has 13 heteroatoms. The Morgan fingerprint density at radius 2 is 1.80 bits per heavy atom. The Morgan fingerprint density at radius 1 is 1.10 bits per heavy atom. The molecule has 1 aromatic carbocycles. The van der Waals surface area contributed by atoms with Crippen LogP contribution in [0.25, 0.3) is 0 Å². The molecule has 0 saturated carbocycles. The maximum absolute atomic E-state index is 12.9. The van der Waals surface area contributed by atoms with Crippen molar-refractivity contribution in [3.63, 3.8) is 0 Å². The van der Waals surface area contributed by atoms with Crippen LogP contribution in [0.15, 0.2) is 36.4 Å². The highest BCUT2D eigenvalue weighted by atomic mass is 35.5. The molecule has 3 heterocycles. The smallest absolute Gasteiger partial charge is 0.339 e. The summed E-state index contributed by atoms with van der Waals surface area (Å²) < 4.78 is 32.0. The van der Waals surface area contributed by atoms with Crippen LogP contribution in [0.5, 0.6) is 0 Å². The van der Waals surface area contributed by atoms with E-state index < -0.39 is 33.7 Å². The summed E-state index contributed by atoms with van der Waals surface area (Å²) in [6, 6.07) is 9.99. The molecule has 0 radical (unpaired) electrons. The number of carbonyl (C=O) groups excluding carboxylic acids is 4. The lowest BCUT2D eigenvalue weighted by Gasteiger charge is -2.33. The molecule has 2 saturated heterocycles. The summed E-state index contributed by atoms with van der Waals surface area (Å²) in [5, 5.41) is 0.166. The Morgan fingerprint density at radius 3 is 2.45 bits per heavy atom. The number of anilines is 1. The minimum absolute atomic E-state index is 0.0342. The topological polar surface area (TPSA) is 143 Å². The van der Waals surface area contributed by atoms with E-state index in [9.17, 15) is 27.6 Å². The molecule has 1 aromatic heterocycles. The molecule has 40 heavy (non-hydrogen) atoms. The Kier molecular flexibility index (Phi) is 9.41. The second-order valence-electron chi connectivity index (χ2n) is 9.82. The lowest BCUT2D eigenvalue weighted by molar-refractivity contribution is -0.146. The predicted octanol–water partition coefficient (Wildman–Crippen LogP) is 2.47. The molecule has 0 atom stereocenters. The van der Waals surface area contributed by atoms with Gasteiger partial charge in [0, 0.05) is 32.0 Å². The number of nitrogens with zero attached hydrogens (tertiary/aromatic N) is 3. The molecule has 4 rings (SSSR count). The van der Waals surface area contributed by atoms with Gasteiger partial charge in [-0.2, -0.15) is 0 Å². The largest absolute Gasteiger partial charge is 0.465 e. The summed E-state index contributed by atoms with van der Waals surface area (Å²) in [6.45, 7) is 1.01. The van der Waals surface area contributed by atoms with Crippen LogP contribution >= 0.6 is 11.6 Å². The van der Waals surface area contributed by atoms with E-state index in [0.29, 0.717) is 50.3 Å². The van der Waals surface area contributed by atoms with E-state index in [1.165, 1.54) is 18.1 Å². The monoisotopic (exact) mass is 590 g/mol. The van der Waals surface area contributed by atoms with Gasteiger partial charge in [0.25, 0.3) is 0 Å². The van der Waals surface area contributed by atoms with E-state index in [1.54, 1.807) is 30.3 Å². The number of likely N-dealkylation sites (tertiary alicyclic amines) is 1. The number of benzene rings is 1. The van der Waals surface area contributed by atoms with Gasteiger partial charge in [0.2, 0.25) is 27.7 Å². The van der Waals surface area contributed by atoms with Crippen molar-refractivity contribution in [3.05, 3.63) is 58.2 Å². The van der Waals surface area contributed by atoms with E-state index in [4.69, 9.17) is 16.3 Å². The zero-order chi connectivity index (χ0) is 28.9. The van der Waals surface area contributed by atoms with Gasteiger partial charge >= 0.3 is 5.97 Å². The van der Waals surface area contributed by atoms with Crippen LogP contribution in [-0.4, -0.2) is 68.7 Å². The molecule has 2 aliphatic rings. The number of hydrogen-bond donors (Lipinski definition) is 1. The second kappa shape index (κ2) is 12.8. The molecule has 0 spiro atoms. The van der Waals surface area contributed by atoms with E-state index in [-0.39, 0.29) is 34.4 Å². The van der Waals surface area contributed by atoms with Crippen LogP contribution in [0.3, 0.4) is 0 Å². The number of esters is 1. The van der Waals surface area contributed by atoms with E-state index in [2.05, 4.69) is 9.71 Å². The first-order chi connectivity index (χ1) is 19.1. The number of imide groups is 1. The molecule has 11 nitrogen and oxygen atoms in total. The average molecular weight is 591 g/mol. The Bertz CT molecular complexity index is 1390. The van der Waals surface area contributed by atoms with Gasteiger partial charge in [-0.15, -0.1) is 0 Å². The molecule has 214 valence electrons. The van der Waals surface area contributed by atoms with Crippen molar-refractivity contribution < 1.29 is 32.3 Å². The molecule has 0 aliphatic carbocycles. The molecule has 2 aromatic rings. The fourth-order valence-corrected chi connectivity index (χ4v) is 6.33. The van der Waals surface area contributed by atoms with E-state index >= 15 is 0 Å². The Hall–Kier alpha value is -3.51. The standard InChI is InChI=1S/C27H31ClN4O7S/c1-39-27(36)20-15-21(28)25(29-22(20)16-24(34)32-12-6-5-9-23(32)33)31-13-10-19(11-14-31)26(35)30-40(37,38)17-18-7-3-2-4-8-18/h2-4,7-8,15,19H,5-6,9-14,16-17H2,1H3,(H,30,35). The Labute approximate surface area is 237 Å². The maximum atomic E-state index is 12.9. The van der Waals surface area contributed by atoms with Gasteiger partial charge in [-0.25, -0.2) is 18.2 Å². The summed E-state index contributed by atoms with van der Waals surface area (Å²) in [5.74, 6) is -2.47. The van der Waals surface area contributed by atoms with Crippen molar-refractivity contribution in [1.82, 2.24) is 14.6 Å². The first kappa shape index (κ1) is 29.5. The lowest BCUT2D eigenvalue weighted by atomic mass is 9.96. The van der Waals surface area contributed by atoms with Gasteiger partial charge < -0.3 is 9.64 Å². The summed E-state index contributed by atoms with van der Waals surface area (Å²) in [5.41, 5.74) is 0.751. The predicted molar refractivity (Wildman–Crippen MR) is 147 cm³/mol. The fourth-order valence-electron chi connectivity index (χ4n) is 4.89. The fraction of sp³-hybridized carbons (Fsp3) is 0.444. The first-order valence-corrected chi connectivity index (χ1v) is 15.0. The number of piperidine rings is 2. The highest BCUT2D eigenvalue weighted by molar-refractivity contribution is 7.89. The number of amides is 3. The number of ether oxygens (including phenoxy) is 1. The molecular weight excluding hydrogens is 560 g/mol. The van der Waals surface area contributed by atoms with Gasteiger partial charge in [0.05, 0.1) is 35.6 Å². The molecule has 0 unspecified atom stereocenters. The minimum atomic E-state index is -3.85. The van der Waals surface area contributed by atoms with Gasteiger partial charge in [-0.05, 0) is 37.3 Å². The molecule has 2 fully saturated rings. The molecule has 1 N–H and O–H groups in total. The number of hydrogen-bond acceptors (Lipinski definition) is 9. The quantitative estimate of drug-likeness (QED) is 0.459. The van der Waals surface area contributed by atoms with Gasteiger partial charge in [-0.3, -0.25) is 24.0 Å². The van der Waals surface area contributed by atoms with E-state index in [0.717, 1.165) is 12.8 Å². The van der Waals surface area contributed by atoms with Crippen LogP contribution < -0.4 is 9.62 Å². The van der Waals surface area contributed by atoms with Crippen molar-refractivity contribution in [2.24, 2.45) is 5.92 Å².